The predicted molar refractivity (Wildman–Crippen MR) is 70.8 cm³/mol. The Kier molecular flexibility index (Phi) is 5.57. The summed E-state index contributed by atoms with van der Waals surface area (Å²) < 4.78 is 13.6. The van der Waals surface area contributed by atoms with Crippen LogP contribution in [-0.2, 0) is 11.3 Å². The molecule has 0 amide bonds. The summed E-state index contributed by atoms with van der Waals surface area (Å²) in [4.78, 5) is 20.8. The highest BCUT2D eigenvalue weighted by Gasteiger charge is 2.19. The Balaban J connectivity index is 2.73. The maximum absolute atomic E-state index is 13.6. The number of halogens is 1. The van der Waals surface area contributed by atoms with Gasteiger partial charge in [-0.15, -0.1) is 0 Å². The lowest BCUT2D eigenvalue weighted by atomic mass is 10.0. The summed E-state index contributed by atoms with van der Waals surface area (Å²) in [7, 11) is 0. The Hall–Kier alpha value is -2.02. The van der Waals surface area contributed by atoms with Crippen LogP contribution in [0.15, 0.2) is 18.2 Å². The summed E-state index contributed by atoms with van der Waals surface area (Å²) in [6.07, 6.45) is 0.421. The molecule has 1 aromatic carbocycles. The van der Waals surface area contributed by atoms with Crippen LogP contribution in [0.4, 0.5) is 10.1 Å². The summed E-state index contributed by atoms with van der Waals surface area (Å²) >= 11 is 0. The van der Waals surface area contributed by atoms with Crippen molar-refractivity contribution in [3.8, 4) is 0 Å². The lowest BCUT2D eigenvalue weighted by molar-refractivity contribution is -0.385. The Bertz CT molecular complexity index is 505. The third-order valence-electron chi connectivity index (χ3n) is 2.79. The molecule has 6 nitrogen and oxygen atoms in total. The smallest absolute Gasteiger partial charge is 0.320 e. The van der Waals surface area contributed by atoms with Gasteiger partial charge in [0.15, 0.2) is 0 Å². The van der Waals surface area contributed by atoms with Gasteiger partial charge in [-0.1, -0.05) is 13.8 Å². The highest BCUT2D eigenvalue weighted by molar-refractivity contribution is 5.73. The van der Waals surface area contributed by atoms with E-state index in [-0.39, 0.29) is 23.7 Å². The highest BCUT2D eigenvalue weighted by Crippen LogP contribution is 2.17. The fourth-order valence-corrected chi connectivity index (χ4v) is 1.77. The second-order valence-electron chi connectivity index (χ2n) is 4.93. The molecule has 1 aromatic rings. The number of benzene rings is 1. The van der Waals surface area contributed by atoms with Crippen molar-refractivity contribution in [2.45, 2.75) is 32.9 Å². The van der Waals surface area contributed by atoms with Gasteiger partial charge in [0, 0.05) is 18.2 Å². The van der Waals surface area contributed by atoms with Crippen LogP contribution in [0.3, 0.4) is 0 Å². The molecule has 0 radical (unpaired) electrons. The fourth-order valence-electron chi connectivity index (χ4n) is 1.77. The number of rotatable bonds is 7. The summed E-state index contributed by atoms with van der Waals surface area (Å²) in [5, 5.41) is 22.3. The number of carbonyl (C=O) groups is 1. The van der Waals surface area contributed by atoms with Gasteiger partial charge in [0.2, 0.25) is 0 Å². The monoisotopic (exact) mass is 284 g/mol. The molecule has 1 atom stereocenters. The molecule has 0 aliphatic heterocycles. The van der Waals surface area contributed by atoms with Crippen LogP contribution in [0.5, 0.6) is 0 Å². The van der Waals surface area contributed by atoms with E-state index in [1.54, 1.807) is 0 Å². The summed E-state index contributed by atoms with van der Waals surface area (Å²) in [6.45, 7) is 3.79. The molecule has 0 heterocycles. The molecule has 7 heteroatoms. The molecule has 0 unspecified atom stereocenters. The Morgan fingerprint density at radius 3 is 2.60 bits per heavy atom. The van der Waals surface area contributed by atoms with E-state index in [1.165, 1.54) is 12.1 Å². The van der Waals surface area contributed by atoms with E-state index in [0.29, 0.717) is 6.42 Å². The summed E-state index contributed by atoms with van der Waals surface area (Å²) in [5.41, 5.74) is -0.131. The molecule has 0 saturated heterocycles. The fraction of sp³-hybridized carbons (Fsp3) is 0.462. The zero-order valence-corrected chi connectivity index (χ0v) is 11.3. The van der Waals surface area contributed by atoms with Gasteiger partial charge >= 0.3 is 5.97 Å². The lowest BCUT2D eigenvalue weighted by Gasteiger charge is -2.16. The number of nitro groups is 1. The molecule has 0 aliphatic carbocycles. The topological polar surface area (TPSA) is 92.5 Å². The maximum Gasteiger partial charge on any atom is 0.320 e. The van der Waals surface area contributed by atoms with Gasteiger partial charge in [-0.05, 0) is 18.4 Å². The zero-order chi connectivity index (χ0) is 15.3. The molecular weight excluding hydrogens is 267 g/mol. The van der Waals surface area contributed by atoms with Crippen LogP contribution < -0.4 is 5.32 Å². The second-order valence-corrected chi connectivity index (χ2v) is 4.93. The third kappa shape index (κ3) is 4.58. The van der Waals surface area contributed by atoms with Crippen LogP contribution >= 0.6 is 0 Å². The quantitative estimate of drug-likeness (QED) is 0.592. The van der Waals surface area contributed by atoms with Crippen molar-refractivity contribution in [3.05, 3.63) is 39.7 Å². The van der Waals surface area contributed by atoms with Crippen LogP contribution in [0.2, 0.25) is 0 Å². The molecule has 0 spiro atoms. The summed E-state index contributed by atoms with van der Waals surface area (Å²) in [6, 6.07) is 2.53. The first-order valence-corrected chi connectivity index (χ1v) is 6.20. The van der Waals surface area contributed by atoms with E-state index in [0.717, 1.165) is 6.07 Å². The average molecular weight is 284 g/mol. The Morgan fingerprint density at radius 2 is 2.15 bits per heavy atom. The molecule has 0 aromatic heterocycles. The van der Waals surface area contributed by atoms with E-state index in [1.807, 2.05) is 13.8 Å². The van der Waals surface area contributed by atoms with Gasteiger partial charge in [-0.2, -0.15) is 0 Å². The number of carboxylic acids is 1. The number of non-ortho nitro benzene ring substituents is 1. The average Bonchev–Trinajstić information content (AvgIpc) is 2.34. The molecule has 0 aliphatic rings. The van der Waals surface area contributed by atoms with Crippen molar-refractivity contribution in [2.24, 2.45) is 5.92 Å². The molecular formula is C13H17FN2O4. The second kappa shape index (κ2) is 6.95. The number of carboxylic acid groups (broad SMARTS) is 1. The van der Waals surface area contributed by atoms with Gasteiger partial charge in [-0.3, -0.25) is 14.9 Å². The standard InChI is InChI=1S/C13H17FN2O4/c1-8(2)5-12(13(17)18)15-7-9-3-4-10(16(19)20)6-11(9)14/h3-4,6,8,12,15H,5,7H2,1-2H3,(H,17,18)/t12-/m1/s1. The van der Waals surface area contributed by atoms with Crippen LogP contribution in [0.25, 0.3) is 0 Å². The van der Waals surface area contributed by atoms with E-state index in [9.17, 15) is 19.3 Å². The van der Waals surface area contributed by atoms with Crippen molar-refractivity contribution in [1.82, 2.24) is 5.32 Å². The first-order valence-electron chi connectivity index (χ1n) is 6.20. The zero-order valence-electron chi connectivity index (χ0n) is 11.3. The minimum Gasteiger partial charge on any atom is -0.480 e. The van der Waals surface area contributed by atoms with Crippen LogP contribution in [-0.4, -0.2) is 22.0 Å². The molecule has 1 rings (SSSR count). The van der Waals surface area contributed by atoms with Crippen LogP contribution in [0, 0.1) is 21.8 Å². The van der Waals surface area contributed by atoms with E-state index in [4.69, 9.17) is 5.11 Å². The van der Waals surface area contributed by atoms with E-state index < -0.39 is 22.8 Å². The normalized spacial score (nSPS) is 12.4. The van der Waals surface area contributed by atoms with Gasteiger partial charge in [0.1, 0.15) is 11.9 Å². The number of nitrogens with zero attached hydrogens (tertiary/aromatic N) is 1. The molecule has 0 bridgehead atoms. The maximum atomic E-state index is 13.6. The molecule has 2 N–H and O–H groups in total. The van der Waals surface area contributed by atoms with Crippen LogP contribution in [0.1, 0.15) is 25.8 Å². The van der Waals surface area contributed by atoms with Crippen molar-refractivity contribution in [3.63, 3.8) is 0 Å². The Morgan fingerprint density at radius 1 is 1.50 bits per heavy atom. The van der Waals surface area contributed by atoms with E-state index >= 15 is 0 Å². The van der Waals surface area contributed by atoms with Crippen molar-refractivity contribution >= 4 is 11.7 Å². The Labute approximate surface area is 115 Å². The van der Waals surface area contributed by atoms with Gasteiger partial charge < -0.3 is 10.4 Å². The molecule has 20 heavy (non-hydrogen) atoms. The number of hydrogen-bond acceptors (Lipinski definition) is 4. The van der Waals surface area contributed by atoms with Crippen molar-refractivity contribution < 1.29 is 19.2 Å². The van der Waals surface area contributed by atoms with Gasteiger partial charge in [-0.25, -0.2) is 4.39 Å². The van der Waals surface area contributed by atoms with E-state index in [2.05, 4.69) is 5.32 Å². The number of aliphatic carboxylic acids is 1. The number of hydrogen-bond donors (Lipinski definition) is 2. The predicted octanol–water partition coefficient (Wildman–Crippen LogP) is 2.32. The minimum atomic E-state index is -0.999. The minimum absolute atomic E-state index is 0.00745. The number of nitro benzene ring substituents is 1. The van der Waals surface area contributed by atoms with Crippen molar-refractivity contribution in [2.75, 3.05) is 0 Å². The van der Waals surface area contributed by atoms with Crippen molar-refractivity contribution in [1.29, 1.82) is 0 Å². The lowest BCUT2D eigenvalue weighted by Crippen LogP contribution is -2.37. The first-order chi connectivity index (χ1) is 9.31. The SMILES string of the molecule is CC(C)C[C@@H](NCc1ccc([N+](=O)[O-])cc1F)C(=O)O. The molecule has 0 saturated carbocycles. The molecule has 110 valence electrons. The largest absolute Gasteiger partial charge is 0.480 e. The van der Waals surface area contributed by atoms with Gasteiger partial charge in [0.25, 0.3) is 5.69 Å². The third-order valence-corrected chi connectivity index (χ3v) is 2.79. The number of nitrogens with one attached hydrogen (secondary N) is 1. The first kappa shape index (κ1) is 16.0. The van der Waals surface area contributed by atoms with Gasteiger partial charge in [0.05, 0.1) is 11.0 Å². The molecule has 0 fully saturated rings. The highest BCUT2D eigenvalue weighted by atomic mass is 19.1. The summed E-state index contributed by atoms with van der Waals surface area (Å²) in [5.74, 6) is -1.54.